The number of aliphatic hydroxyl groups is 1. The molecule has 178 valence electrons. The van der Waals surface area contributed by atoms with Crippen LogP contribution in [0, 0.1) is 5.92 Å². The van der Waals surface area contributed by atoms with E-state index in [-0.39, 0.29) is 18.0 Å². The number of nitrogens with zero attached hydrogens (tertiary/aromatic N) is 2. The lowest BCUT2D eigenvalue weighted by Gasteiger charge is -2.27. The number of hydrogen-bond donors (Lipinski definition) is 3. The Hall–Kier alpha value is -3.58. The van der Waals surface area contributed by atoms with Gasteiger partial charge in [-0.3, -0.25) is 14.6 Å². The molecule has 0 saturated carbocycles. The first-order valence-corrected chi connectivity index (χ1v) is 11.5. The van der Waals surface area contributed by atoms with Gasteiger partial charge in [0.25, 0.3) is 5.91 Å². The van der Waals surface area contributed by atoms with Crippen molar-refractivity contribution in [2.45, 2.75) is 45.3 Å². The zero-order chi connectivity index (χ0) is 24.5. The van der Waals surface area contributed by atoms with E-state index in [2.05, 4.69) is 20.6 Å². The van der Waals surface area contributed by atoms with E-state index in [1.807, 2.05) is 68.5 Å². The first-order valence-electron chi connectivity index (χ1n) is 11.5. The summed E-state index contributed by atoms with van der Waals surface area (Å²) in [6.45, 7) is 3.95. The molecule has 3 aromatic rings. The number of fused-ring (bicyclic) bond motifs is 1. The number of benzene rings is 2. The maximum Gasteiger partial charge on any atom is 0.271 e. The summed E-state index contributed by atoms with van der Waals surface area (Å²) in [6.07, 6.45) is 3.63. The minimum atomic E-state index is -0.939. The molecule has 0 bridgehead atoms. The zero-order valence-electron chi connectivity index (χ0n) is 19.9. The molecule has 2 amide bonds. The lowest BCUT2D eigenvalue weighted by Crippen LogP contribution is -2.46. The van der Waals surface area contributed by atoms with E-state index >= 15 is 0 Å². The van der Waals surface area contributed by atoms with Gasteiger partial charge in [0.1, 0.15) is 5.69 Å². The fourth-order valence-electron chi connectivity index (χ4n) is 3.81. The molecule has 0 spiro atoms. The van der Waals surface area contributed by atoms with E-state index in [9.17, 15) is 14.7 Å². The van der Waals surface area contributed by atoms with Crippen LogP contribution < -0.4 is 10.6 Å². The van der Waals surface area contributed by atoms with Crippen molar-refractivity contribution in [3.05, 3.63) is 83.7 Å². The monoisotopic (exact) mass is 460 g/mol. The van der Waals surface area contributed by atoms with Crippen LogP contribution in [0.4, 0.5) is 0 Å². The van der Waals surface area contributed by atoms with Gasteiger partial charge in [-0.2, -0.15) is 0 Å². The summed E-state index contributed by atoms with van der Waals surface area (Å²) in [7, 11) is 1.59. The molecule has 0 saturated heterocycles. The Labute approximate surface area is 200 Å². The Bertz CT molecular complexity index is 1140. The summed E-state index contributed by atoms with van der Waals surface area (Å²) in [4.78, 5) is 34.3. The highest BCUT2D eigenvalue weighted by molar-refractivity contribution is 5.94. The third-order valence-electron chi connectivity index (χ3n) is 5.71. The van der Waals surface area contributed by atoms with Crippen molar-refractivity contribution in [3.63, 3.8) is 0 Å². The van der Waals surface area contributed by atoms with Crippen molar-refractivity contribution < 1.29 is 14.7 Å². The topological polar surface area (TPSA) is 104 Å². The number of aromatic nitrogens is 2. The van der Waals surface area contributed by atoms with Gasteiger partial charge in [-0.25, -0.2) is 4.98 Å². The molecule has 0 aliphatic heterocycles. The second-order valence-electron chi connectivity index (χ2n) is 8.65. The van der Waals surface area contributed by atoms with E-state index in [1.54, 1.807) is 13.1 Å². The molecule has 1 aromatic heterocycles. The Morgan fingerprint density at radius 3 is 2.38 bits per heavy atom. The molecule has 7 nitrogen and oxygen atoms in total. The number of carbonyl (C=O) groups is 2. The van der Waals surface area contributed by atoms with Crippen LogP contribution in [-0.2, 0) is 11.2 Å². The van der Waals surface area contributed by atoms with Gasteiger partial charge in [0.15, 0.2) is 0 Å². The highest BCUT2D eigenvalue weighted by atomic mass is 16.3. The first-order chi connectivity index (χ1) is 16.4. The number of aliphatic hydroxyl groups excluding tert-OH is 1. The lowest BCUT2D eigenvalue weighted by molar-refractivity contribution is -0.125. The number of amides is 2. The molecule has 0 aliphatic carbocycles. The van der Waals surface area contributed by atoms with E-state index < -0.39 is 24.0 Å². The highest BCUT2D eigenvalue weighted by Crippen LogP contribution is 2.19. The molecular weight excluding hydrogens is 428 g/mol. The molecule has 2 aromatic carbocycles. The van der Waals surface area contributed by atoms with Gasteiger partial charge in [-0.1, -0.05) is 54.1 Å². The van der Waals surface area contributed by atoms with Crippen LogP contribution in [0.25, 0.3) is 11.0 Å². The second-order valence-corrected chi connectivity index (χ2v) is 8.65. The van der Waals surface area contributed by atoms with Gasteiger partial charge in [-0.05, 0) is 50.8 Å². The van der Waals surface area contributed by atoms with Gasteiger partial charge in [0, 0.05) is 13.0 Å². The average Bonchev–Trinajstić information content (AvgIpc) is 2.85. The van der Waals surface area contributed by atoms with E-state index in [4.69, 9.17) is 0 Å². The van der Waals surface area contributed by atoms with Crippen molar-refractivity contribution >= 4 is 22.8 Å². The number of para-hydroxylation sites is 2. The fraction of sp³-hybridized carbons (Fsp3) is 0.333. The van der Waals surface area contributed by atoms with Crippen molar-refractivity contribution in [2.24, 2.45) is 5.92 Å². The third-order valence-corrected chi connectivity index (χ3v) is 5.71. The third kappa shape index (κ3) is 6.96. The summed E-state index contributed by atoms with van der Waals surface area (Å²) in [5.74, 6) is -0.966. The number of nitrogens with one attached hydrogen (secondary N) is 2. The minimum absolute atomic E-state index is 0.137. The van der Waals surface area contributed by atoms with Crippen LogP contribution >= 0.6 is 0 Å². The maximum absolute atomic E-state index is 13.1. The van der Waals surface area contributed by atoms with Gasteiger partial charge < -0.3 is 15.7 Å². The summed E-state index contributed by atoms with van der Waals surface area (Å²) in [6, 6.07) is 16.4. The molecule has 7 heteroatoms. The van der Waals surface area contributed by atoms with Crippen LogP contribution in [0.3, 0.4) is 0 Å². The predicted octanol–water partition coefficient (Wildman–Crippen LogP) is 3.44. The van der Waals surface area contributed by atoms with Crippen LogP contribution in [0.5, 0.6) is 0 Å². The van der Waals surface area contributed by atoms with Crippen LogP contribution in [-0.4, -0.2) is 46.1 Å². The second kappa shape index (κ2) is 12.0. The minimum Gasteiger partial charge on any atom is -0.391 e. The van der Waals surface area contributed by atoms with Crippen molar-refractivity contribution in [1.82, 2.24) is 20.6 Å². The molecule has 34 heavy (non-hydrogen) atoms. The molecule has 0 aliphatic rings. The van der Waals surface area contributed by atoms with Crippen molar-refractivity contribution in [2.75, 3.05) is 7.05 Å². The predicted molar refractivity (Wildman–Crippen MR) is 133 cm³/mol. The molecule has 0 radical (unpaired) electrons. The van der Waals surface area contributed by atoms with Crippen LogP contribution in [0.15, 0.2) is 72.4 Å². The van der Waals surface area contributed by atoms with E-state index in [0.717, 1.165) is 11.1 Å². The molecule has 3 N–H and O–H groups in total. The molecule has 1 heterocycles. The molecule has 0 unspecified atom stereocenters. The lowest BCUT2D eigenvalue weighted by atomic mass is 9.90. The van der Waals surface area contributed by atoms with E-state index in [1.165, 1.54) is 6.20 Å². The van der Waals surface area contributed by atoms with Gasteiger partial charge in [0.2, 0.25) is 5.91 Å². The number of hydrogen-bond acceptors (Lipinski definition) is 5. The quantitative estimate of drug-likeness (QED) is 0.402. The Morgan fingerprint density at radius 2 is 1.71 bits per heavy atom. The molecule has 3 rings (SSSR count). The zero-order valence-corrected chi connectivity index (χ0v) is 19.9. The van der Waals surface area contributed by atoms with E-state index in [0.29, 0.717) is 23.9 Å². The first kappa shape index (κ1) is 25.1. The Balaban J connectivity index is 1.82. The Kier molecular flexibility index (Phi) is 8.87. The summed E-state index contributed by atoms with van der Waals surface area (Å²) in [5.41, 5.74) is 3.57. The summed E-state index contributed by atoms with van der Waals surface area (Å²) < 4.78 is 0. The maximum atomic E-state index is 13.1. The number of allylic oxidation sites excluding steroid dienone is 2. The van der Waals surface area contributed by atoms with Crippen LogP contribution in [0.1, 0.15) is 42.7 Å². The van der Waals surface area contributed by atoms with Crippen molar-refractivity contribution in [1.29, 1.82) is 0 Å². The SMILES string of the molecule is CNC(=O)[C@H](CC=C(C)C)C[C@H](O)[C@H](Cc1ccccc1)NC(=O)c1cnc2ccccc2n1. The molecule has 3 atom stereocenters. The van der Waals surface area contributed by atoms with Gasteiger partial charge in [0.05, 0.1) is 29.4 Å². The van der Waals surface area contributed by atoms with Crippen molar-refractivity contribution in [3.8, 4) is 0 Å². The largest absolute Gasteiger partial charge is 0.391 e. The van der Waals surface area contributed by atoms with Gasteiger partial charge in [-0.15, -0.1) is 0 Å². The molecule has 0 fully saturated rings. The normalized spacial score (nSPS) is 13.5. The smallest absolute Gasteiger partial charge is 0.271 e. The van der Waals surface area contributed by atoms with Crippen LogP contribution in [0.2, 0.25) is 0 Å². The fourth-order valence-corrected chi connectivity index (χ4v) is 3.81. The molecular formula is C27H32N4O3. The number of rotatable bonds is 10. The summed E-state index contributed by atoms with van der Waals surface area (Å²) in [5, 5.41) is 16.8. The Morgan fingerprint density at radius 1 is 1.03 bits per heavy atom. The number of carbonyl (C=O) groups excluding carboxylic acids is 2. The van der Waals surface area contributed by atoms with Gasteiger partial charge >= 0.3 is 0 Å². The average molecular weight is 461 g/mol. The summed E-state index contributed by atoms with van der Waals surface area (Å²) >= 11 is 0. The standard InChI is InChI=1S/C27H32N4O3/c1-18(2)13-14-20(26(33)28-3)16-25(32)23(15-19-9-5-4-6-10-19)31-27(34)24-17-29-21-11-7-8-12-22(21)30-24/h4-13,17,20,23,25,32H,14-16H2,1-3H3,(H,28,33)(H,31,34)/t20-,23+,25+/m1/s1. The highest BCUT2D eigenvalue weighted by Gasteiger charge is 2.28.